The summed E-state index contributed by atoms with van der Waals surface area (Å²) in [6.45, 7) is 1.86. The number of carbonyl (C=O) groups is 4. The van der Waals surface area contributed by atoms with Crippen molar-refractivity contribution in [1.82, 2.24) is 16.0 Å². The smallest absolute Gasteiger partial charge is 0.408 e. The second-order valence-corrected chi connectivity index (χ2v) is 7.73. The van der Waals surface area contributed by atoms with E-state index in [4.69, 9.17) is 16.2 Å². The highest BCUT2D eigenvalue weighted by Gasteiger charge is 2.45. The van der Waals surface area contributed by atoms with Gasteiger partial charge in [0.1, 0.15) is 18.7 Å². The minimum Gasteiger partial charge on any atom is -0.480 e. The van der Waals surface area contributed by atoms with Gasteiger partial charge in [0.25, 0.3) is 12.3 Å². The average Bonchev–Trinajstić information content (AvgIpc) is 2.79. The molecule has 0 aliphatic carbocycles. The van der Waals surface area contributed by atoms with Gasteiger partial charge in [-0.05, 0) is 32.3 Å². The van der Waals surface area contributed by atoms with Crippen molar-refractivity contribution in [3.05, 3.63) is 35.9 Å². The molecule has 0 aromatic heterocycles. The number of carboxylic acid groups (broad SMARTS) is 1. The van der Waals surface area contributed by atoms with Gasteiger partial charge in [-0.3, -0.25) is 14.6 Å². The molecule has 8 N–H and O–H groups in total. The molecule has 1 aromatic carbocycles. The number of nitrogens with two attached hydrogens (primary N) is 2. The Hall–Kier alpha value is -3.97. The topological polar surface area (TPSA) is 198 Å². The number of nitrogens with zero attached hydrogens (tertiary/aromatic N) is 1. The molecule has 0 spiro atoms. The lowest BCUT2D eigenvalue weighted by molar-refractivity contribution is -0.142. The fraction of sp³-hybridized carbons (Fsp3) is 0.476. The molecule has 35 heavy (non-hydrogen) atoms. The molecule has 194 valence electrons. The van der Waals surface area contributed by atoms with Gasteiger partial charge >= 0.3 is 12.1 Å². The molecular weight excluding hydrogens is 470 g/mol. The quantitative estimate of drug-likeness (QED) is 0.124. The SMILES string of the molecule is C[C@H](NC(=O)[C@@](C)(NC(=O)OCc1ccccc1)C(F)F)C(=O)N[C@@H](CCCN=C(N)N)C(=O)O. The number of rotatable bonds is 13. The molecule has 0 aliphatic rings. The van der Waals surface area contributed by atoms with Crippen molar-refractivity contribution in [2.45, 2.75) is 57.3 Å². The molecule has 0 fully saturated rings. The zero-order valence-electron chi connectivity index (χ0n) is 19.3. The number of amides is 3. The van der Waals surface area contributed by atoms with Gasteiger partial charge in [-0.1, -0.05) is 30.3 Å². The predicted octanol–water partition coefficient (Wildman–Crippen LogP) is 0.0643. The van der Waals surface area contributed by atoms with Gasteiger partial charge in [0, 0.05) is 6.54 Å². The number of ether oxygens (including phenoxy) is 1. The molecule has 0 aliphatic heterocycles. The Balaban J connectivity index is 2.71. The Labute approximate surface area is 200 Å². The number of hydrogen-bond acceptors (Lipinski definition) is 6. The van der Waals surface area contributed by atoms with Gasteiger partial charge in [-0.15, -0.1) is 0 Å². The molecule has 0 heterocycles. The first-order valence-electron chi connectivity index (χ1n) is 10.5. The van der Waals surface area contributed by atoms with Crippen molar-refractivity contribution in [3.63, 3.8) is 0 Å². The van der Waals surface area contributed by atoms with Crippen LogP contribution in [0.15, 0.2) is 35.3 Å². The second kappa shape index (κ2) is 13.7. The normalized spacial score (nSPS) is 14.1. The van der Waals surface area contributed by atoms with Crippen LogP contribution in [0.2, 0.25) is 0 Å². The van der Waals surface area contributed by atoms with Gasteiger partial charge in [0.05, 0.1) is 0 Å². The highest BCUT2D eigenvalue weighted by molar-refractivity contribution is 5.95. The number of alkyl carbamates (subject to hydrolysis) is 1. The highest BCUT2D eigenvalue weighted by atomic mass is 19.3. The third-order valence-corrected chi connectivity index (χ3v) is 4.78. The van der Waals surface area contributed by atoms with E-state index in [1.54, 1.807) is 30.3 Å². The van der Waals surface area contributed by atoms with Crippen molar-refractivity contribution in [1.29, 1.82) is 0 Å². The molecule has 0 saturated heterocycles. The molecule has 0 radical (unpaired) electrons. The lowest BCUT2D eigenvalue weighted by atomic mass is 10.0. The van der Waals surface area contributed by atoms with Crippen molar-refractivity contribution in [2.24, 2.45) is 16.5 Å². The fourth-order valence-electron chi connectivity index (χ4n) is 2.65. The highest BCUT2D eigenvalue weighted by Crippen LogP contribution is 2.17. The second-order valence-electron chi connectivity index (χ2n) is 7.73. The largest absolute Gasteiger partial charge is 0.480 e. The number of carbonyl (C=O) groups excluding carboxylic acids is 3. The number of aliphatic carboxylic acids is 1. The van der Waals surface area contributed by atoms with E-state index in [2.05, 4.69) is 15.6 Å². The fourth-order valence-corrected chi connectivity index (χ4v) is 2.65. The number of hydrogen-bond donors (Lipinski definition) is 6. The van der Waals surface area contributed by atoms with Gasteiger partial charge in [0.2, 0.25) is 5.91 Å². The molecule has 1 rings (SSSR count). The van der Waals surface area contributed by atoms with Gasteiger partial charge < -0.3 is 37.3 Å². The number of alkyl halides is 2. The maximum atomic E-state index is 13.7. The third-order valence-electron chi connectivity index (χ3n) is 4.78. The first-order chi connectivity index (χ1) is 16.4. The summed E-state index contributed by atoms with van der Waals surface area (Å²) in [5.74, 6) is -3.82. The Bertz CT molecular complexity index is 913. The summed E-state index contributed by atoms with van der Waals surface area (Å²) in [6.07, 6.45) is -4.42. The van der Waals surface area contributed by atoms with Crippen LogP contribution in [0.25, 0.3) is 0 Å². The van der Waals surface area contributed by atoms with E-state index < -0.39 is 47.9 Å². The Morgan fingerprint density at radius 3 is 2.31 bits per heavy atom. The lowest BCUT2D eigenvalue weighted by Gasteiger charge is -2.29. The lowest BCUT2D eigenvalue weighted by Crippen LogP contribution is -2.64. The minimum atomic E-state index is -3.36. The summed E-state index contributed by atoms with van der Waals surface area (Å²) in [5, 5.41) is 15.4. The monoisotopic (exact) mass is 500 g/mol. The van der Waals surface area contributed by atoms with E-state index in [9.17, 15) is 33.1 Å². The Morgan fingerprint density at radius 1 is 1.14 bits per heavy atom. The first kappa shape index (κ1) is 29.1. The van der Waals surface area contributed by atoms with E-state index in [1.165, 1.54) is 6.92 Å². The van der Waals surface area contributed by atoms with Crippen molar-refractivity contribution < 1.29 is 37.8 Å². The maximum absolute atomic E-state index is 13.7. The summed E-state index contributed by atoms with van der Waals surface area (Å²) in [4.78, 5) is 52.0. The van der Waals surface area contributed by atoms with E-state index in [0.717, 1.165) is 6.92 Å². The first-order valence-corrected chi connectivity index (χ1v) is 10.5. The Morgan fingerprint density at radius 2 is 1.77 bits per heavy atom. The van der Waals surface area contributed by atoms with Crippen LogP contribution < -0.4 is 27.4 Å². The van der Waals surface area contributed by atoms with Crippen LogP contribution in [-0.4, -0.2) is 65.5 Å². The maximum Gasteiger partial charge on any atom is 0.408 e. The van der Waals surface area contributed by atoms with E-state index >= 15 is 0 Å². The van der Waals surface area contributed by atoms with Crippen molar-refractivity contribution >= 4 is 29.8 Å². The van der Waals surface area contributed by atoms with Crippen molar-refractivity contribution in [3.8, 4) is 0 Å². The standard InChI is InChI=1S/C21H30F2N6O6/c1-12(15(30)28-14(16(31)32)9-6-10-26-19(24)25)27-18(33)21(2,17(22)23)29-20(34)35-11-13-7-4-3-5-8-13/h3-5,7-8,12,14,17H,6,9-11H2,1-2H3,(H,27,33)(H,28,30)(H,29,34)(H,31,32)(H4,24,25,26)/t12-,14-,21-/m0/s1. The minimum absolute atomic E-state index is 0.0257. The molecule has 1 aromatic rings. The van der Waals surface area contributed by atoms with E-state index in [-0.39, 0.29) is 32.0 Å². The van der Waals surface area contributed by atoms with Crippen LogP contribution in [0.5, 0.6) is 0 Å². The zero-order chi connectivity index (χ0) is 26.6. The number of carboxylic acids is 1. The van der Waals surface area contributed by atoms with Gasteiger partial charge in [0.15, 0.2) is 11.5 Å². The Kier molecular flexibility index (Phi) is 11.3. The molecule has 0 saturated carbocycles. The zero-order valence-corrected chi connectivity index (χ0v) is 19.3. The third kappa shape index (κ3) is 9.81. The van der Waals surface area contributed by atoms with Crippen LogP contribution in [0.1, 0.15) is 32.3 Å². The average molecular weight is 501 g/mol. The van der Waals surface area contributed by atoms with Crippen LogP contribution in [-0.2, 0) is 25.7 Å². The summed E-state index contributed by atoms with van der Waals surface area (Å²) >= 11 is 0. The van der Waals surface area contributed by atoms with Crippen LogP contribution in [0.4, 0.5) is 13.6 Å². The van der Waals surface area contributed by atoms with E-state index in [0.29, 0.717) is 5.56 Å². The summed E-state index contributed by atoms with van der Waals surface area (Å²) in [6, 6.07) is 5.70. The van der Waals surface area contributed by atoms with Crippen LogP contribution in [0, 0.1) is 0 Å². The molecule has 12 nitrogen and oxygen atoms in total. The summed E-state index contributed by atoms with van der Waals surface area (Å²) < 4.78 is 32.3. The molecule has 3 atom stereocenters. The number of guanidine groups is 1. The number of aliphatic imine (C=N–C) groups is 1. The number of halogens is 2. The van der Waals surface area contributed by atoms with Crippen molar-refractivity contribution in [2.75, 3.05) is 6.54 Å². The van der Waals surface area contributed by atoms with E-state index in [1.807, 2.05) is 5.32 Å². The van der Waals surface area contributed by atoms with Gasteiger partial charge in [-0.2, -0.15) is 0 Å². The molecule has 14 heteroatoms. The molecular formula is C21H30F2N6O6. The molecule has 3 amide bonds. The molecule has 0 bridgehead atoms. The number of benzene rings is 1. The number of nitrogens with one attached hydrogen (secondary N) is 3. The van der Waals surface area contributed by atoms with Crippen LogP contribution in [0.3, 0.4) is 0 Å². The van der Waals surface area contributed by atoms with Crippen LogP contribution >= 0.6 is 0 Å². The van der Waals surface area contributed by atoms with Gasteiger partial charge in [-0.25, -0.2) is 18.4 Å². The molecule has 0 unspecified atom stereocenters. The summed E-state index contributed by atoms with van der Waals surface area (Å²) in [5.41, 5.74) is 8.23. The predicted molar refractivity (Wildman–Crippen MR) is 121 cm³/mol. The summed E-state index contributed by atoms with van der Waals surface area (Å²) in [7, 11) is 0.